The van der Waals surface area contributed by atoms with E-state index in [1.54, 1.807) is 12.1 Å². The molecule has 0 bridgehead atoms. The fourth-order valence-corrected chi connectivity index (χ4v) is 1.59. The Hall–Kier alpha value is -0.930. The Balaban J connectivity index is 2.64. The van der Waals surface area contributed by atoms with Gasteiger partial charge in [0, 0.05) is 25.2 Å². The molecule has 0 atom stereocenters. The number of anilines is 2. The van der Waals surface area contributed by atoms with Gasteiger partial charge in [-0.2, -0.15) is 0 Å². The normalized spacial score (nSPS) is 10.3. The molecule has 0 aliphatic rings. The fraction of sp³-hybridized carbons (Fsp3) is 0.455. The van der Waals surface area contributed by atoms with E-state index in [0.717, 1.165) is 30.8 Å². The van der Waals surface area contributed by atoms with Crippen LogP contribution in [-0.2, 0) is 0 Å². The molecule has 3 N–H and O–H groups in total. The maximum Gasteiger partial charge on any atom is 0.0612 e. The lowest BCUT2D eigenvalue weighted by molar-refractivity contribution is 0.285. The van der Waals surface area contributed by atoms with Crippen LogP contribution in [0.25, 0.3) is 0 Å². The molecule has 0 heterocycles. The van der Waals surface area contributed by atoms with Crippen LogP contribution in [0.3, 0.4) is 0 Å². The number of hydrogen-bond acceptors (Lipinski definition) is 3. The fourth-order valence-electron chi connectivity index (χ4n) is 1.43. The number of halogens is 1. The van der Waals surface area contributed by atoms with Crippen LogP contribution in [0.4, 0.5) is 11.4 Å². The average Bonchev–Trinajstić information content (AvgIpc) is 2.22. The molecule has 0 amide bonds. The van der Waals surface area contributed by atoms with Crippen molar-refractivity contribution in [3.63, 3.8) is 0 Å². The standard InChI is InChI=1S/C11H17ClN2O/c1-14(6-2-3-7-15)11-8-9(12)4-5-10(11)13/h4-5,8,15H,2-3,6-7,13H2,1H3. The lowest BCUT2D eigenvalue weighted by Crippen LogP contribution is -2.19. The first kappa shape index (κ1) is 12.1. The van der Waals surface area contributed by atoms with Crippen molar-refractivity contribution in [1.29, 1.82) is 0 Å². The first-order valence-corrected chi connectivity index (χ1v) is 5.40. The van der Waals surface area contributed by atoms with Gasteiger partial charge in [0.25, 0.3) is 0 Å². The summed E-state index contributed by atoms with van der Waals surface area (Å²) in [5, 5.41) is 9.37. The van der Waals surface area contributed by atoms with Crippen molar-refractivity contribution in [2.45, 2.75) is 12.8 Å². The maximum absolute atomic E-state index is 8.68. The van der Waals surface area contributed by atoms with E-state index >= 15 is 0 Å². The van der Waals surface area contributed by atoms with Crippen molar-refractivity contribution < 1.29 is 5.11 Å². The highest BCUT2D eigenvalue weighted by molar-refractivity contribution is 6.31. The molecule has 15 heavy (non-hydrogen) atoms. The van der Waals surface area contributed by atoms with Gasteiger partial charge in [-0.3, -0.25) is 0 Å². The first-order chi connectivity index (χ1) is 7.15. The summed E-state index contributed by atoms with van der Waals surface area (Å²) in [6.07, 6.45) is 1.75. The van der Waals surface area contributed by atoms with Crippen LogP contribution in [0, 0.1) is 0 Å². The molecular weight excluding hydrogens is 212 g/mol. The first-order valence-electron chi connectivity index (χ1n) is 5.02. The number of hydrogen-bond donors (Lipinski definition) is 2. The number of aliphatic hydroxyl groups excluding tert-OH is 1. The van der Waals surface area contributed by atoms with Crippen LogP contribution in [0.5, 0.6) is 0 Å². The Morgan fingerprint density at radius 1 is 1.40 bits per heavy atom. The van der Waals surface area contributed by atoms with Crippen LogP contribution in [0.1, 0.15) is 12.8 Å². The molecule has 0 fully saturated rings. The van der Waals surface area contributed by atoms with Crippen molar-refractivity contribution in [2.24, 2.45) is 0 Å². The highest BCUT2D eigenvalue weighted by Gasteiger charge is 2.05. The predicted octanol–water partition coefficient (Wildman–Crippen LogP) is 2.13. The van der Waals surface area contributed by atoms with Gasteiger partial charge in [-0.05, 0) is 31.0 Å². The van der Waals surface area contributed by atoms with E-state index in [-0.39, 0.29) is 6.61 Å². The zero-order valence-electron chi connectivity index (χ0n) is 8.91. The summed E-state index contributed by atoms with van der Waals surface area (Å²) < 4.78 is 0. The molecule has 1 aromatic rings. The molecule has 0 saturated carbocycles. The topological polar surface area (TPSA) is 49.5 Å². The van der Waals surface area contributed by atoms with Crippen molar-refractivity contribution in [1.82, 2.24) is 0 Å². The number of rotatable bonds is 5. The van der Waals surface area contributed by atoms with Gasteiger partial charge >= 0.3 is 0 Å². The van der Waals surface area contributed by atoms with E-state index in [4.69, 9.17) is 22.4 Å². The van der Waals surface area contributed by atoms with E-state index in [9.17, 15) is 0 Å². The second kappa shape index (κ2) is 5.83. The minimum absolute atomic E-state index is 0.235. The molecule has 4 heteroatoms. The van der Waals surface area contributed by atoms with Gasteiger partial charge in [0.15, 0.2) is 0 Å². The Labute approximate surface area is 95.5 Å². The van der Waals surface area contributed by atoms with Crippen molar-refractivity contribution in [3.05, 3.63) is 23.2 Å². The van der Waals surface area contributed by atoms with Gasteiger partial charge < -0.3 is 15.7 Å². The Bertz CT molecular complexity index is 317. The van der Waals surface area contributed by atoms with E-state index in [1.165, 1.54) is 0 Å². The van der Waals surface area contributed by atoms with E-state index in [2.05, 4.69) is 4.90 Å². The van der Waals surface area contributed by atoms with E-state index in [1.807, 2.05) is 13.1 Å². The minimum atomic E-state index is 0.235. The van der Waals surface area contributed by atoms with Gasteiger partial charge in [0.1, 0.15) is 0 Å². The van der Waals surface area contributed by atoms with Crippen LogP contribution in [-0.4, -0.2) is 25.3 Å². The van der Waals surface area contributed by atoms with Crippen LogP contribution in [0.2, 0.25) is 5.02 Å². The smallest absolute Gasteiger partial charge is 0.0612 e. The van der Waals surface area contributed by atoms with E-state index < -0.39 is 0 Å². The Morgan fingerprint density at radius 3 is 2.80 bits per heavy atom. The number of unbranched alkanes of at least 4 members (excludes halogenated alkanes) is 1. The van der Waals surface area contributed by atoms with Crippen LogP contribution < -0.4 is 10.6 Å². The zero-order valence-corrected chi connectivity index (χ0v) is 9.67. The summed E-state index contributed by atoms with van der Waals surface area (Å²) >= 11 is 5.90. The summed E-state index contributed by atoms with van der Waals surface area (Å²) in [6.45, 7) is 1.10. The summed E-state index contributed by atoms with van der Waals surface area (Å²) in [6, 6.07) is 5.44. The molecule has 1 aromatic carbocycles. The van der Waals surface area contributed by atoms with Gasteiger partial charge in [-0.25, -0.2) is 0 Å². The Kier molecular flexibility index (Phi) is 4.72. The summed E-state index contributed by atoms with van der Waals surface area (Å²) in [5.74, 6) is 0. The second-order valence-electron chi connectivity index (χ2n) is 3.56. The average molecular weight is 229 g/mol. The number of nitrogen functional groups attached to an aromatic ring is 1. The molecule has 0 aromatic heterocycles. The summed E-state index contributed by atoms with van der Waals surface area (Å²) in [4.78, 5) is 2.05. The van der Waals surface area contributed by atoms with Gasteiger partial charge in [0.2, 0.25) is 0 Å². The van der Waals surface area contributed by atoms with Gasteiger partial charge in [0.05, 0.1) is 11.4 Å². The van der Waals surface area contributed by atoms with Crippen molar-refractivity contribution >= 4 is 23.0 Å². The monoisotopic (exact) mass is 228 g/mol. The molecule has 0 radical (unpaired) electrons. The third-order valence-electron chi connectivity index (χ3n) is 2.31. The van der Waals surface area contributed by atoms with Crippen molar-refractivity contribution in [2.75, 3.05) is 30.8 Å². The predicted molar refractivity (Wildman–Crippen MR) is 65.5 cm³/mol. The number of nitrogens with zero attached hydrogens (tertiary/aromatic N) is 1. The molecule has 0 unspecified atom stereocenters. The third kappa shape index (κ3) is 3.61. The van der Waals surface area contributed by atoms with Crippen LogP contribution in [0.15, 0.2) is 18.2 Å². The lowest BCUT2D eigenvalue weighted by Gasteiger charge is -2.21. The molecule has 0 saturated heterocycles. The van der Waals surface area contributed by atoms with Gasteiger partial charge in [-0.1, -0.05) is 11.6 Å². The highest BCUT2D eigenvalue weighted by atomic mass is 35.5. The molecular formula is C11H17ClN2O. The SMILES string of the molecule is CN(CCCCO)c1cc(Cl)ccc1N. The largest absolute Gasteiger partial charge is 0.397 e. The van der Waals surface area contributed by atoms with Crippen LogP contribution >= 0.6 is 11.6 Å². The third-order valence-corrected chi connectivity index (χ3v) is 2.54. The van der Waals surface area contributed by atoms with Gasteiger partial charge in [-0.15, -0.1) is 0 Å². The number of aliphatic hydroxyl groups is 1. The summed E-state index contributed by atoms with van der Waals surface area (Å²) in [5.41, 5.74) is 7.52. The molecule has 84 valence electrons. The molecule has 3 nitrogen and oxygen atoms in total. The quantitative estimate of drug-likeness (QED) is 0.600. The molecule has 0 aliphatic heterocycles. The lowest BCUT2D eigenvalue weighted by atomic mass is 10.2. The highest BCUT2D eigenvalue weighted by Crippen LogP contribution is 2.26. The Morgan fingerprint density at radius 2 is 2.13 bits per heavy atom. The molecule has 0 spiro atoms. The number of benzene rings is 1. The summed E-state index contributed by atoms with van der Waals surface area (Å²) in [7, 11) is 1.97. The van der Waals surface area contributed by atoms with E-state index in [0.29, 0.717) is 5.02 Å². The number of nitrogens with two attached hydrogens (primary N) is 1. The minimum Gasteiger partial charge on any atom is -0.397 e. The molecule has 0 aliphatic carbocycles. The molecule has 1 rings (SSSR count). The van der Waals surface area contributed by atoms with Crippen molar-refractivity contribution in [3.8, 4) is 0 Å². The maximum atomic E-state index is 8.68. The second-order valence-corrected chi connectivity index (χ2v) is 3.99. The zero-order chi connectivity index (χ0) is 11.3.